The van der Waals surface area contributed by atoms with E-state index in [4.69, 9.17) is 0 Å². The minimum absolute atomic E-state index is 0.00497. The molecule has 1 aromatic rings. The summed E-state index contributed by atoms with van der Waals surface area (Å²) in [5, 5.41) is 10.2. The molecule has 0 aliphatic carbocycles. The average molecular weight is 349 g/mol. The van der Waals surface area contributed by atoms with Gasteiger partial charge in [-0.3, -0.25) is 14.5 Å². The van der Waals surface area contributed by atoms with E-state index >= 15 is 0 Å². The molecule has 1 fully saturated rings. The van der Waals surface area contributed by atoms with E-state index in [0.717, 1.165) is 44.7 Å². The van der Waals surface area contributed by atoms with Crippen LogP contribution in [0.2, 0.25) is 0 Å². The number of nitrogens with one attached hydrogen (secondary N) is 2. The fraction of sp³-hybridized carbons (Fsp3) is 0.722. The van der Waals surface area contributed by atoms with Gasteiger partial charge in [-0.05, 0) is 52.1 Å². The van der Waals surface area contributed by atoms with Crippen LogP contribution in [-0.2, 0) is 9.59 Å². The number of aromatic nitrogens is 2. The molecule has 1 aromatic heterocycles. The van der Waals surface area contributed by atoms with E-state index in [2.05, 4.69) is 34.5 Å². The van der Waals surface area contributed by atoms with Crippen LogP contribution in [0.5, 0.6) is 0 Å². The first-order chi connectivity index (χ1) is 11.9. The van der Waals surface area contributed by atoms with Crippen LogP contribution in [0, 0.1) is 5.92 Å². The summed E-state index contributed by atoms with van der Waals surface area (Å²) < 4.78 is 1.87. The van der Waals surface area contributed by atoms with Crippen LogP contribution >= 0.6 is 0 Å². The molecule has 25 heavy (non-hydrogen) atoms. The lowest BCUT2D eigenvalue weighted by atomic mass is 9.95. The van der Waals surface area contributed by atoms with Crippen molar-refractivity contribution in [3.63, 3.8) is 0 Å². The van der Waals surface area contributed by atoms with Crippen LogP contribution in [0.15, 0.2) is 12.3 Å². The van der Waals surface area contributed by atoms with Gasteiger partial charge in [-0.2, -0.15) is 5.10 Å². The highest BCUT2D eigenvalue weighted by atomic mass is 16.2. The molecule has 140 valence electrons. The third-order valence-corrected chi connectivity index (χ3v) is 5.15. The third-order valence-electron chi connectivity index (χ3n) is 5.15. The summed E-state index contributed by atoms with van der Waals surface area (Å²) in [4.78, 5) is 25.8. The molecule has 0 aromatic carbocycles. The Bertz CT molecular complexity index is 578. The van der Waals surface area contributed by atoms with Crippen molar-refractivity contribution < 1.29 is 9.59 Å². The number of carbonyl (C=O) groups is 2. The molecule has 7 heteroatoms. The average Bonchev–Trinajstić information content (AvgIpc) is 3.07. The van der Waals surface area contributed by atoms with E-state index < -0.39 is 0 Å². The lowest BCUT2D eigenvalue weighted by Crippen LogP contribution is -2.47. The first-order valence-corrected chi connectivity index (χ1v) is 9.25. The monoisotopic (exact) mass is 349 g/mol. The van der Waals surface area contributed by atoms with Gasteiger partial charge in [0.1, 0.15) is 5.82 Å². The molecule has 0 bridgehead atoms. The summed E-state index contributed by atoms with van der Waals surface area (Å²) in [5.41, 5.74) is 0. The van der Waals surface area contributed by atoms with Crippen molar-refractivity contribution in [3.8, 4) is 0 Å². The first kappa shape index (κ1) is 19.4. The van der Waals surface area contributed by atoms with Gasteiger partial charge in [0.25, 0.3) is 0 Å². The van der Waals surface area contributed by atoms with Gasteiger partial charge in [0.15, 0.2) is 0 Å². The highest BCUT2D eigenvalue weighted by Crippen LogP contribution is 2.20. The Kier molecular flexibility index (Phi) is 6.99. The maximum absolute atomic E-state index is 12.6. The van der Waals surface area contributed by atoms with Crippen LogP contribution in [0.1, 0.15) is 53.0 Å². The number of carbonyl (C=O) groups excluding carboxylic acids is 2. The van der Waals surface area contributed by atoms with Crippen molar-refractivity contribution >= 4 is 17.6 Å². The Labute approximate surface area is 150 Å². The molecule has 0 radical (unpaired) electrons. The zero-order chi connectivity index (χ0) is 18.4. The number of rotatable bonds is 7. The van der Waals surface area contributed by atoms with E-state index in [1.807, 2.05) is 17.7 Å². The molecule has 1 aliphatic rings. The largest absolute Gasteiger partial charge is 0.356 e. The summed E-state index contributed by atoms with van der Waals surface area (Å²) in [6, 6.07) is 1.92. The van der Waals surface area contributed by atoms with Gasteiger partial charge in [-0.15, -0.1) is 0 Å². The second-order valence-corrected chi connectivity index (χ2v) is 7.00. The number of piperidine rings is 1. The molecule has 2 heterocycles. The van der Waals surface area contributed by atoms with Crippen molar-refractivity contribution in [1.82, 2.24) is 20.0 Å². The zero-order valence-corrected chi connectivity index (χ0v) is 15.8. The minimum atomic E-state index is -0.179. The van der Waals surface area contributed by atoms with E-state index in [-0.39, 0.29) is 23.9 Å². The van der Waals surface area contributed by atoms with Crippen molar-refractivity contribution in [3.05, 3.63) is 12.3 Å². The van der Waals surface area contributed by atoms with Crippen molar-refractivity contribution in [2.24, 2.45) is 5.92 Å². The van der Waals surface area contributed by atoms with Gasteiger partial charge in [-0.1, -0.05) is 6.92 Å². The second-order valence-electron chi connectivity index (χ2n) is 7.00. The Morgan fingerprint density at radius 2 is 2.00 bits per heavy atom. The smallest absolute Gasteiger partial charge is 0.242 e. The van der Waals surface area contributed by atoms with Crippen LogP contribution < -0.4 is 10.6 Å². The molecule has 0 unspecified atom stereocenters. The van der Waals surface area contributed by atoms with Gasteiger partial charge in [0, 0.05) is 19.5 Å². The quantitative estimate of drug-likeness (QED) is 0.789. The summed E-state index contributed by atoms with van der Waals surface area (Å²) >= 11 is 0. The summed E-state index contributed by atoms with van der Waals surface area (Å²) in [7, 11) is 0. The predicted octanol–water partition coefficient (Wildman–Crippen LogP) is 2.03. The van der Waals surface area contributed by atoms with Gasteiger partial charge in [0.05, 0.1) is 18.3 Å². The Morgan fingerprint density at radius 1 is 1.32 bits per heavy atom. The number of anilines is 1. The van der Waals surface area contributed by atoms with E-state index in [0.29, 0.717) is 5.92 Å². The molecule has 7 nitrogen and oxygen atoms in total. The van der Waals surface area contributed by atoms with Gasteiger partial charge >= 0.3 is 0 Å². The molecule has 2 amide bonds. The third kappa shape index (κ3) is 5.29. The molecule has 0 saturated carbocycles. The lowest BCUT2D eigenvalue weighted by Gasteiger charge is -2.35. The molecular formula is C18H31N5O2. The number of amides is 2. The lowest BCUT2D eigenvalue weighted by molar-refractivity contribution is -0.121. The molecule has 0 spiro atoms. The van der Waals surface area contributed by atoms with Gasteiger partial charge in [0.2, 0.25) is 11.8 Å². The molecular weight excluding hydrogens is 318 g/mol. The van der Waals surface area contributed by atoms with Gasteiger partial charge in [-0.25, -0.2) is 4.68 Å². The topological polar surface area (TPSA) is 79.3 Å². The standard InChI is InChI=1S/C18H31N5O2/c1-5-13(2)23-17(6-9-20-23)21-18(25)14(3)22-10-7-16(8-11-22)12-19-15(4)24/h6,9,13-14,16H,5,7-8,10-12H2,1-4H3,(H,19,24)(H,21,25)/t13-,14-/m1/s1. The Morgan fingerprint density at radius 3 is 2.60 bits per heavy atom. The molecule has 2 atom stereocenters. The molecule has 1 saturated heterocycles. The Hall–Kier alpha value is -1.89. The van der Waals surface area contributed by atoms with Crippen molar-refractivity contribution in [2.75, 3.05) is 25.0 Å². The van der Waals surface area contributed by atoms with Crippen LogP contribution in [0.25, 0.3) is 0 Å². The molecule has 2 rings (SSSR count). The number of hydrogen-bond donors (Lipinski definition) is 2. The van der Waals surface area contributed by atoms with Crippen molar-refractivity contribution in [1.29, 1.82) is 0 Å². The maximum Gasteiger partial charge on any atom is 0.242 e. The number of hydrogen-bond acceptors (Lipinski definition) is 4. The van der Waals surface area contributed by atoms with E-state index in [1.54, 1.807) is 13.1 Å². The second kappa shape index (κ2) is 8.99. The maximum atomic E-state index is 12.6. The number of likely N-dealkylation sites (tertiary alicyclic amines) is 1. The van der Waals surface area contributed by atoms with Crippen LogP contribution in [0.4, 0.5) is 5.82 Å². The summed E-state index contributed by atoms with van der Waals surface area (Å²) in [6.07, 6.45) is 4.69. The summed E-state index contributed by atoms with van der Waals surface area (Å²) in [6.45, 7) is 10.2. The molecule has 2 N–H and O–H groups in total. The van der Waals surface area contributed by atoms with E-state index in [9.17, 15) is 9.59 Å². The Balaban J connectivity index is 1.85. The summed E-state index contributed by atoms with van der Waals surface area (Å²) in [5.74, 6) is 1.28. The fourth-order valence-electron chi connectivity index (χ4n) is 3.17. The SMILES string of the molecule is CC[C@@H](C)n1nccc1NC(=O)[C@@H](C)N1CCC(CNC(C)=O)CC1. The zero-order valence-electron chi connectivity index (χ0n) is 15.8. The highest BCUT2D eigenvalue weighted by Gasteiger charge is 2.27. The van der Waals surface area contributed by atoms with Gasteiger partial charge < -0.3 is 10.6 Å². The predicted molar refractivity (Wildman–Crippen MR) is 98.3 cm³/mol. The van der Waals surface area contributed by atoms with Crippen molar-refractivity contribution in [2.45, 2.75) is 59.0 Å². The number of nitrogens with zero attached hydrogens (tertiary/aromatic N) is 3. The fourth-order valence-corrected chi connectivity index (χ4v) is 3.17. The van der Waals surface area contributed by atoms with Crippen LogP contribution in [0.3, 0.4) is 0 Å². The molecule has 1 aliphatic heterocycles. The normalized spacial score (nSPS) is 18.6. The highest BCUT2D eigenvalue weighted by molar-refractivity contribution is 5.93. The van der Waals surface area contributed by atoms with Crippen LogP contribution in [-0.4, -0.2) is 52.2 Å². The van der Waals surface area contributed by atoms with E-state index in [1.165, 1.54) is 0 Å². The minimum Gasteiger partial charge on any atom is -0.356 e. The first-order valence-electron chi connectivity index (χ1n) is 9.25.